The molecule has 34 heavy (non-hydrogen) atoms. The lowest BCUT2D eigenvalue weighted by Crippen LogP contribution is -2.39. The fourth-order valence-corrected chi connectivity index (χ4v) is 4.81. The molecule has 1 saturated carbocycles. The van der Waals surface area contributed by atoms with Gasteiger partial charge in [0.2, 0.25) is 5.91 Å². The van der Waals surface area contributed by atoms with Gasteiger partial charge >= 0.3 is 6.18 Å². The Morgan fingerprint density at radius 1 is 1.06 bits per heavy atom. The largest absolute Gasteiger partial charge is 0.484 e. The normalized spacial score (nSPS) is 14.5. The van der Waals surface area contributed by atoms with Crippen molar-refractivity contribution >= 4 is 23.6 Å². The van der Waals surface area contributed by atoms with Crippen molar-refractivity contribution < 1.29 is 27.5 Å². The van der Waals surface area contributed by atoms with E-state index >= 15 is 0 Å². The average Bonchev–Trinajstić information content (AvgIpc) is 2.85. The fourth-order valence-electron chi connectivity index (χ4n) is 3.84. The smallest absolute Gasteiger partial charge is 0.422 e. The predicted molar refractivity (Wildman–Crippen MR) is 126 cm³/mol. The van der Waals surface area contributed by atoms with Crippen molar-refractivity contribution in [1.82, 2.24) is 10.2 Å². The Labute approximate surface area is 202 Å². The summed E-state index contributed by atoms with van der Waals surface area (Å²) in [4.78, 5) is 28.0. The fraction of sp³-hybridized carbons (Fsp3) is 0.440. The van der Waals surface area contributed by atoms with E-state index in [1.807, 2.05) is 24.1 Å². The number of amides is 2. The number of carbonyl (C=O) groups excluding carboxylic acids is 2. The summed E-state index contributed by atoms with van der Waals surface area (Å²) in [6, 6.07) is 13.5. The summed E-state index contributed by atoms with van der Waals surface area (Å²) < 4.78 is 41.4. The second kappa shape index (κ2) is 12.1. The van der Waals surface area contributed by atoms with Crippen molar-refractivity contribution in [3.63, 3.8) is 0 Å². The number of thioether (sulfide) groups is 1. The van der Waals surface area contributed by atoms with Crippen LogP contribution in [0.5, 0.6) is 5.75 Å². The maximum Gasteiger partial charge on any atom is 0.422 e. The first-order valence-electron chi connectivity index (χ1n) is 11.3. The van der Waals surface area contributed by atoms with E-state index in [4.69, 9.17) is 4.74 Å². The van der Waals surface area contributed by atoms with Gasteiger partial charge in [-0.15, -0.1) is 11.8 Å². The second-order valence-electron chi connectivity index (χ2n) is 8.31. The van der Waals surface area contributed by atoms with Gasteiger partial charge in [-0.2, -0.15) is 13.2 Å². The van der Waals surface area contributed by atoms with Crippen molar-refractivity contribution in [2.45, 2.75) is 55.8 Å². The summed E-state index contributed by atoms with van der Waals surface area (Å²) in [6.45, 7) is -1.14. The molecule has 0 atom stereocenters. The second-order valence-corrected chi connectivity index (χ2v) is 9.33. The minimum Gasteiger partial charge on any atom is -0.484 e. The van der Waals surface area contributed by atoms with Gasteiger partial charge in [0.05, 0.1) is 11.3 Å². The molecule has 0 aliphatic heterocycles. The lowest BCUT2D eigenvalue weighted by Gasteiger charge is -2.31. The number of carbonyl (C=O) groups is 2. The molecule has 3 rings (SSSR count). The van der Waals surface area contributed by atoms with Gasteiger partial charge in [-0.05, 0) is 42.7 Å². The molecule has 0 saturated heterocycles. The van der Waals surface area contributed by atoms with Gasteiger partial charge < -0.3 is 15.0 Å². The summed E-state index contributed by atoms with van der Waals surface area (Å²) in [5, 5.41) is 2.83. The Kier molecular flexibility index (Phi) is 9.27. The van der Waals surface area contributed by atoms with Crippen molar-refractivity contribution in [3.8, 4) is 5.75 Å². The van der Waals surface area contributed by atoms with E-state index in [1.54, 1.807) is 24.3 Å². The molecule has 5 nitrogen and oxygen atoms in total. The molecule has 2 amide bonds. The number of hydrogen-bond donors (Lipinski definition) is 1. The topological polar surface area (TPSA) is 58.6 Å². The molecule has 184 valence electrons. The third-order valence-electron chi connectivity index (χ3n) is 5.78. The van der Waals surface area contributed by atoms with Crippen LogP contribution in [0.15, 0.2) is 53.4 Å². The van der Waals surface area contributed by atoms with E-state index in [9.17, 15) is 22.8 Å². The van der Waals surface area contributed by atoms with Crippen LogP contribution >= 0.6 is 11.8 Å². The van der Waals surface area contributed by atoms with Crippen LogP contribution in [0.3, 0.4) is 0 Å². The summed E-state index contributed by atoms with van der Waals surface area (Å²) in [5.41, 5.74) is 1.20. The van der Waals surface area contributed by atoms with Crippen LogP contribution < -0.4 is 10.1 Å². The highest BCUT2D eigenvalue weighted by Gasteiger charge is 2.28. The quantitative estimate of drug-likeness (QED) is 0.472. The molecule has 2 aromatic carbocycles. The van der Waals surface area contributed by atoms with Gasteiger partial charge in [0.1, 0.15) is 5.75 Å². The van der Waals surface area contributed by atoms with E-state index in [0.717, 1.165) is 36.1 Å². The highest BCUT2D eigenvalue weighted by molar-refractivity contribution is 8.00. The molecule has 1 aliphatic rings. The van der Waals surface area contributed by atoms with E-state index in [0.29, 0.717) is 11.6 Å². The highest BCUT2D eigenvalue weighted by atomic mass is 32.2. The number of rotatable bonds is 9. The molecule has 2 aromatic rings. The van der Waals surface area contributed by atoms with Crippen LogP contribution in [0.1, 0.15) is 48.0 Å². The van der Waals surface area contributed by atoms with E-state index in [1.165, 1.54) is 30.3 Å². The number of alkyl halides is 3. The molecule has 0 bridgehead atoms. The Hall–Kier alpha value is -2.68. The van der Waals surface area contributed by atoms with Crippen LogP contribution in [0.25, 0.3) is 0 Å². The van der Waals surface area contributed by atoms with Crippen LogP contribution in [-0.2, 0) is 11.3 Å². The summed E-state index contributed by atoms with van der Waals surface area (Å²) in [5.74, 6) is 0.141. The first-order chi connectivity index (χ1) is 16.2. The zero-order valence-corrected chi connectivity index (χ0v) is 19.9. The molecular formula is C25H29F3N2O3S. The first-order valence-corrected chi connectivity index (χ1v) is 12.3. The van der Waals surface area contributed by atoms with Gasteiger partial charge in [0.15, 0.2) is 6.61 Å². The molecule has 1 fully saturated rings. The van der Waals surface area contributed by atoms with Gasteiger partial charge in [0.25, 0.3) is 5.91 Å². The summed E-state index contributed by atoms with van der Waals surface area (Å²) in [6.07, 6.45) is 1.23. The molecule has 0 aromatic heterocycles. The summed E-state index contributed by atoms with van der Waals surface area (Å²) >= 11 is 1.35. The number of hydrogen-bond acceptors (Lipinski definition) is 4. The van der Waals surface area contributed by atoms with Gasteiger partial charge in [-0.1, -0.05) is 43.5 Å². The standard InChI is InChI=1S/C25H29F3N2O3S/c1-30(19-7-3-2-4-8-19)23(31)16-34-22-10-6-5-9-21(22)24(32)29-15-18-11-13-20(14-12-18)33-17-25(26,27)28/h5-6,9-14,19H,2-4,7-8,15-17H2,1H3,(H,29,32). The maximum atomic E-state index is 12.8. The van der Waals surface area contributed by atoms with Crippen molar-refractivity contribution in [2.75, 3.05) is 19.4 Å². The number of nitrogens with zero attached hydrogens (tertiary/aromatic N) is 1. The number of benzene rings is 2. The zero-order valence-electron chi connectivity index (χ0n) is 19.1. The van der Waals surface area contributed by atoms with Crippen LogP contribution in [0, 0.1) is 0 Å². The van der Waals surface area contributed by atoms with Crippen LogP contribution in [-0.4, -0.2) is 48.3 Å². The molecular weight excluding hydrogens is 465 g/mol. The third-order valence-corrected chi connectivity index (χ3v) is 6.84. The maximum absolute atomic E-state index is 12.8. The lowest BCUT2D eigenvalue weighted by molar-refractivity contribution is -0.153. The number of nitrogens with one attached hydrogen (secondary N) is 1. The summed E-state index contributed by atoms with van der Waals surface area (Å²) in [7, 11) is 1.86. The molecule has 1 aliphatic carbocycles. The molecule has 9 heteroatoms. The Morgan fingerprint density at radius 2 is 1.74 bits per heavy atom. The van der Waals surface area contributed by atoms with Crippen molar-refractivity contribution in [3.05, 3.63) is 59.7 Å². The van der Waals surface area contributed by atoms with Gasteiger partial charge in [-0.3, -0.25) is 9.59 Å². The Bertz CT molecular complexity index is 961. The number of ether oxygens (including phenoxy) is 1. The van der Waals surface area contributed by atoms with Crippen LogP contribution in [0.2, 0.25) is 0 Å². The van der Waals surface area contributed by atoms with E-state index < -0.39 is 12.8 Å². The Morgan fingerprint density at radius 3 is 2.41 bits per heavy atom. The molecule has 0 spiro atoms. The van der Waals surface area contributed by atoms with Gasteiger partial charge in [-0.25, -0.2) is 0 Å². The Balaban J connectivity index is 1.52. The van der Waals surface area contributed by atoms with Crippen molar-refractivity contribution in [2.24, 2.45) is 0 Å². The average molecular weight is 495 g/mol. The predicted octanol–water partition coefficient (Wildman–Crippen LogP) is 5.44. The van der Waals surface area contributed by atoms with E-state index in [2.05, 4.69) is 5.32 Å². The SMILES string of the molecule is CN(C(=O)CSc1ccccc1C(=O)NCc1ccc(OCC(F)(F)F)cc1)C1CCCCC1. The minimum absolute atomic E-state index is 0.0555. The van der Waals surface area contributed by atoms with Gasteiger partial charge in [0, 0.05) is 24.5 Å². The van der Waals surface area contributed by atoms with Crippen molar-refractivity contribution in [1.29, 1.82) is 0 Å². The first kappa shape index (κ1) is 25.9. The molecule has 0 heterocycles. The molecule has 0 unspecified atom stereocenters. The lowest BCUT2D eigenvalue weighted by atomic mass is 9.94. The number of halogens is 3. The third kappa shape index (κ3) is 7.97. The zero-order chi connectivity index (χ0) is 24.6. The van der Waals surface area contributed by atoms with Crippen LogP contribution in [0.4, 0.5) is 13.2 Å². The molecule has 1 N–H and O–H groups in total. The monoisotopic (exact) mass is 494 g/mol. The minimum atomic E-state index is -4.39. The highest BCUT2D eigenvalue weighted by Crippen LogP contribution is 2.26. The molecule has 0 radical (unpaired) electrons. The van der Waals surface area contributed by atoms with E-state index in [-0.39, 0.29) is 29.9 Å².